The van der Waals surface area contributed by atoms with Crippen molar-refractivity contribution in [1.82, 2.24) is 4.98 Å². The van der Waals surface area contributed by atoms with Crippen molar-refractivity contribution in [3.8, 4) is 21.7 Å². The number of carbonyl (C=O) groups is 1. The maximum Gasteiger partial charge on any atom is 0.373 e. The fraction of sp³-hybridized carbons (Fsp3) is 0.273. The van der Waals surface area contributed by atoms with Gasteiger partial charge in [0.15, 0.2) is 5.78 Å². The third kappa shape index (κ3) is 5.49. The number of unbranched alkanes of at least 4 members (excludes halogenated alkanes) is 1. The van der Waals surface area contributed by atoms with Crippen LogP contribution in [0.1, 0.15) is 55.5 Å². The molecule has 208 valence electrons. The molecule has 3 heterocycles. The zero-order chi connectivity index (χ0) is 28.9. The van der Waals surface area contributed by atoms with Gasteiger partial charge in [0.05, 0.1) is 10.2 Å². The van der Waals surface area contributed by atoms with Gasteiger partial charge in [-0.05, 0) is 55.5 Å². The predicted octanol–water partition coefficient (Wildman–Crippen LogP) is 7.30. The molecular formula is C33H30N2O5S. The number of fused-ring (bicyclic) bond motifs is 3. The number of rotatable bonds is 7. The molecule has 0 radical (unpaired) electrons. The monoisotopic (exact) mass is 566 g/mol. The molecule has 3 aromatic carbocycles. The molecule has 8 heteroatoms. The standard InChI is InChI=1S/C32H30N2O3S.CO2/c1-3-5-15-26(35)21-12-6-7-13-22(21)29-23-18-20-11-10-17-34(4-2)25(20)19-27(23)37-32(36)30(29)31-33-24-14-8-9-16-28(24)38-31;2-1-3/h6-9,12-14,16,18-19H,3-5,10-11,15,17H2,1-2H3;. The lowest BCUT2D eigenvalue weighted by Crippen LogP contribution is -2.28. The van der Waals surface area contributed by atoms with E-state index in [1.54, 1.807) is 0 Å². The number of hydrogen-bond donors (Lipinski definition) is 0. The van der Waals surface area contributed by atoms with Gasteiger partial charge < -0.3 is 9.32 Å². The average Bonchev–Trinajstić information content (AvgIpc) is 3.42. The summed E-state index contributed by atoms with van der Waals surface area (Å²) in [6, 6.07) is 19.8. The maximum absolute atomic E-state index is 13.8. The number of carbonyl (C=O) groups excluding carboxylic acids is 3. The number of aromatic nitrogens is 1. The topological polar surface area (TPSA) is 97.6 Å². The van der Waals surface area contributed by atoms with Gasteiger partial charge in [0.25, 0.3) is 0 Å². The molecule has 7 nitrogen and oxygen atoms in total. The van der Waals surface area contributed by atoms with Crippen LogP contribution < -0.4 is 10.5 Å². The van der Waals surface area contributed by atoms with E-state index in [2.05, 4.69) is 24.8 Å². The molecule has 1 aliphatic heterocycles. The molecule has 0 aliphatic carbocycles. The highest BCUT2D eigenvalue weighted by molar-refractivity contribution is 7.21. The highest BCUT2D eigenvalue weighted by Gasteiger charge is 2.26. The molecule has 0 atom stereocenters. The molecule has 0 amide bonds. The summed E-state index contributed by atoms with van der Waals surface area (Å²) in [6.07, 6.45) is 4.55. The van der Waals surface area contributed by atoms with Crippen LogP contribution in [0.15, 0.2) is 69.9 Å². The fourth-order valence-corrected chi connectivity index (χ4v) is 6.56. The molecule has 6 rings (SSSR count). The van der Waals surface area contributed by atoms with Gasteiger partial charge in [-0.15, -0.1) is 11.3 Å². The minimum absolute atomic E-state index is 0.0919. The molecule has 0 fully saturated rings. The molecule has 0 N–H and O–H groups in total. The Kier molecular flexibility index (Phi) is 8.53. The van der Waals surface area contributed by atoms with Gasteiger partial charge in [0, 0.05) is 47.8 Å². The van der Waals surface area contributed by atoms with E-state index in [0.29, 0.717) is 28.1 Å². The molecular weight excluding hydrogens is 536 g/mol. The second-order valence-corrected chi connectivity index (χ2v) is 11.0. The highest BCUT2D eigenvalue weighted by Crippen LogP contribution is 2.42. The normalized spacial score (nSPS) is 12.5. The van der Waals surface area contributed by atoms with E-state index in [0.717, 1.165) is 71.2 Å². The number of anilines is 1. The summed E-state index contributed by atoms with van der Waals surface area (Å²) >= 11 is 1.48. The Bertz CT molecular complexity index is 1800. The Hall–Kier alpha value is -4.39. The number of thiazole rings is 1. The van der Waals surface area contributed by atoms with Crippen LogP contribution in [0.25, 0.3) is 42.9 Å². The van der Waals surface area contributed by atoms with Gasteiger partial charge in [0.2, 0.25) is 0 Å². The molecule has 0 saturated carbocycles. The number of hydrogen-bond acceptors (Lipinski definition) is 8. The average molecular weight is 567 g/mol. The molecule has 0 bridgehead atoms. The van der Waals surface area contributed by atoms with Crippen LogP contribution in [0.2, 0.25) is 0 Å². The van der Waals surface area contributed by atoms with Gasteiger partial charge in [-0.1, -0.05) is 49.7 Å². The Labute approximate surface area is 241 Å². The first-order chi connectivity index (χ1) is 20.0. The number of ketones is 1. The van der Waals surface area contributed by atoms with Crippen LogP contribution in [0.3, 0.4) is 0 Å². The predicted molar refractivity (Wildman–Crippen MR) is 162 cm³/mol. The quantitative estimate of drug-likeness (QED) is 0.151. The minimum Gasteiger partial charge on any atom is -0.422 e. The van der Waals surface area contributed by atoms with Crippen molar-refractivity contribution in [2.24, 2.45) is 0 Å². The molecule has 2 aromatic heterocycles. The van der Waals surface area contributed by atoms with Crippen molar-refractivity contribution in [3.05, 3.63) is 82.2 Å². The van der Waals surface area contributed by atoms with Crippen LogP contribution in [-0.4, -0.2) is 30.0 Å². The third-order valence-electron chi connectivity index (χ3n) is 7.47. The largest absolute Gasteiger partial charge is 0.422 e. The fourth-order valence-electron chi connectivity index (χ4n) is 5.55. The van der Waals surface area contributed by atoms with Crippen LogP contribution in [0, 0.1) is 0 Å². The Morgan fingerprint density at radius 2 is 1.80 bits per heavy atom. The van der Waals surface area contributed by atoms with E-state index < -0.39 is 5.63 Å². The van der Waals surface area contributed by atoms with Gasteiger partial charge in [-0.2, -0.15) is 9.59 Å². The van der Waals surface area contributed by atoms with Crippen molar-refractivity contribution < 1.29 is 18.8 Å². The lowest BCUT2D eigenvalue weighted by atomic mass is 9.89. The second-order valence-electron chi connectivity index (χ2n) is 9.94. The first-order valence-corrected chi connectivity index (χ1v) is 14.7. The van der Waals surface area contributed by atoms with Crippen molar-refractivity contribution in [2.45, 2.75) is 46.0 Å². The number of para-hydroxylation sites is 1. The maximum atomic E-state index is 13.8. The molecule has 41 heavy (non-hydrogen) atoms. The number of benzene rings is 3. The molecule has 0 unspecified atom stereocenters. The summed E-state index contributed by atoms with van der Waals surface area (Å²) in [4.78, 5) is 50.6. The van der Waals surface area contributed by atoms with E-state index in [-0.39, 0.29) is 11.9 Å². The molecule has 0 spiro atoms. The highest BCUT2D eigenvalue weighted by atomic mass is 32.1. The third-order valence-corrected chi connectivity index (χ3v) is 8.52. The van der Waals surface area contributed by atoms with Crippen LogP contribution in [0.4, 0.5) is 5.69 Å². The first-order valence-electron chi connectivity index (χ1n) is 13.9. The van der Waals surface area contributed by atoms with Gasteiger partial charge in [0.1, 0.15) is 16.2 Å². The summed E-state index contributed by atoms with van der Waals surface area (Å²) in [5, 5.41) is 1.46. The van der Waals surface area contributed by atoms with E-state index >= 15 is 0 Å². The zero-order valence-corrected chi connectivity index (χ0v) is 23.9. The summed E-state index contributed by atoms with van der Waals surface area (Å²) in [7, 11) is 0. The number of aryl methyl sites for hydroxylation is 1. The smallest absolute Gasteiger partial charge is 0.373 e. The van der Waals surface area contributed by atoms with Gasteiger partial charge in [-0.25, -0.2) is 9.78 Å². The van der Waals surface area contributed by atoms with Crippen LogP contribution >= 0.6 is 11.3 Å². The van der Waals surface area contributed by atoms with Crippen molar-refractivity contribution in [3.63, 3.8) is 0 Å². The van der Waals surface area contributed by atoms with E-state index in [4.69, 9.17) is 19.0 Å². The zero-order valence-electron chi connectivity index (χ0n) is 23.1. The van der Waals surface area contributed by atoms with E-state index in [1.165, 1.54) is 16.9 Å². The van der Waals surface area contributed by atoms with Crippen molar-refractivity contribution in [2.75, 3.05) is 18.0 Å². The van der Waals surface area contributed by atoms with Gasteiger partial charge in [-0.3, -0.25) is 4.79 Å². The molecule has 0 saturated heterocycles. The van der Waals surface area contributed by atoms with Crippen molar-refractivity contribution in [1.29, 1.82) is 0 Å². The van der Waals surface area contributed by atoms with E-state index in [1.807, 2.05) is 54.6 Å². The lowest BCUT2D eigenvalue weighted by Gasteiger charge is -2.30. The summed E-state index contributed by atoms with van der Waals surface area (Å²) in [5.74, 6) is 0.0919. The lowest BCUT2D eigenvalue weighted by molar-refractivity contribution is -0.191. The van der Waals surface area contributed by atoms with Crippen molar-refractivity contribution >= 4 is 50.1 Å². The summed E-state index contributed by atoms with van der Waals surface area (Å²) in [6.45, 7) is 6.12. The SMILES string of the molecule is CCCCC(=O)c1ccccc1-c1c(-c2nc3ccccc3s2)c(=O)oc2cc3c(cc12)CCCN3CC.O=C=O. The molecule has 5 aromatic rings. The number of nitrogens with zero attached hydrogens (tertiary/aromatic N) is 2. The Morgan fingerprint density at radius 3 is 2.56 bits per heavy atom. The molecule has 1 aliphatic rings. The Balaban J connectivity index is 0.00000108. The van der Waals surface area contributed by atoms with Crippen LogP contribution in [-0.2, 0) is 16.0 Å². The van der Waals surface area contributed by atoms with Gasteiger partial charge >= 0.3 is 11.8 Å². The summed E-state index contributed by atoms with van der Waals surface area (Å²) < 4.78 is 7.03. The minimum atomic E-state index is -0.429. The first kappa shape index (κ1) is 28.1. The second kappa shape index (κ2) is 12.4. The van der Waals surface area contributed by atoms with E-state index in [9.17, 15) is 9.59 Å². The number of Topliss-reactive ketones (excluding diaryl/α,β-unsaturated/α-hetero) is 1. The Morgan fingerprint density at radius 1 is 1.05 bits per heavy atom. The van der Waals surface area contributed by atoms with Crippen LogP contribution in [0.5, 0.6) is 0 Å². The summed E-state index contributed by atoms with van der Waals surface area (Å²) in [5.41, 5.74) is 5.91.